The Morgan fingerprint density at radius 2 is 1.00 bits per heavy atom. The molecule has 2 saturated heterocycles. The summed E-state index contributed by atoms with van der Waals surface area (Å²) in [7, 11) is 0.159. The molecule has 2 aliphatic heterocycles. The topological polar surface area (TPSA) is 276 Å². The standard InChI is InChI=1S/C28H35ClN7O3P.C26H31ClN7O3P.CH4O/c1-34(2)20-16-28(17-20)11-13-35(14-12-28)23-10-9-19(15-24(23)36(37)38)31-27-30-18-21(29)26(33-27)32-22-7-5-6-8-25(22)40(3,4)39;1-38(2,37)23-6-4-3-5-20(23)31-24-19(27)16-29-25(32-24)30-18-7-8-21(22(13-18)34(35)36)33-11-9-26(10-12-33)14-17(28)15-26;1-2/h5-10,15,18,20H,11-14,16-17H2,1-4H3,(H2,30,31,32,33);3-8,13,16-17H,9-12,14-15,28H2,1-2H3,(H2,29,30,31,32);2H,1H3. The minimum Gasteiger partial charge on any atom is -0.400 e. The zero-order valence-corrected chi connectivity index (χ0v) is 49.3. The number of aliphatic hydroxyl groups excluding tert-OH is 1. The molecular weight excluding hydrogens is 1100 g/mol. The summed E-state index contributed by atoms with van der Waals surface area (Å²) in [5.74, 6) is 1.10. The molecule has 4 aromatic carbocycles. The van der Waals surface area contributed by atoms with E-state index in [-0.39, 0.29) is 43.2 Å². The van der Waals surface area contributed by atoms with Crippen molar-refractivity contribution in [2.75, 3.05) is 105 Å². The number of hydrogen-bond acceptors (Lipinski definition) is 19. The molecule has 0 bridgehead atoms. The van der Waals surface area contributed by atoms with E-state index in [0.29, 0.717) is 79.3 Å². The van der Waals surface area contributed by atoms with Gasteiger partial charge >= 0.3 is 0 Å². The van der Waals surface area contributed by atoms with E-state index in [2.05, 4.69) is 70.0 Å². The van der Waals surface area contributed by atoms with Crippen LogP contribution >= 0.6 is 37.5 Å². The Morgan fingerprint density at radius 3 is 1.35 bits per heavy atom. The number of nitro benzene ring substituents is 2. The van der Waals surface area contributed by atoms with E-state index in [0.717, 1.165) is 71.8 Å². The maximum atomic E-state index is 12.8. The Morgan fingerprint density at radius 1 is 0.625 bits per heavy atom. The van der Waals surface area contributed by atoms with E-state index in [4.69, 9.17) is 34.0 Å². The fourth-order valence-corrected chi connectivity index (χ4v) is 13.9. The van der Waals surface area contributed by atoms with Crippen molar-refractivity contribution in [1.29, 1.82) is 0 Å². The first-order valence-electron chi connectivity index (χ1n) is 26.3. The molecule has 2 aromatic heterocycles. The minimum atomic E-state index is -2.55. The van der Waals surface area contributed by atoms with Gasteiger partial charge in [0.05, 0.1) is 33.6 Å². The molecule has 2 spiro atoms. The highest BCUT2D eigenvalue weighted by Crippen LogP contribution is 2.52. The SMILES string of the molecule is CN(C)C1CC2(CCN(c3ccc(Nc4ncc(Cl)c(Nc5ccccc5P(C)(C)=O)n4)cc3[N+](=O)[O-])CC2)C1.CO.CP(C)(=O)c1ccccc1Nc1nc(Nc2ccc(N3CCC4(CC3)CC(N)C4)c([N+](=O)[O-])c2)ncc1Cl. The molecule has 426 valence electrons. The Balaban J connectivity index is 0.000000204. The summed E-state index contributed by atoms with van der Waals surface area (Å²) in [5, 5.41) is 45.4. The highest BCUT2D eigenvalue weighted by molar-refractivity contribution is 7.70. The molecule has 6 aromatic rings. The number of benzene rings is 4. The smallest absolute Gasteiger partial charge is 0.294 e. The number of halogens is 2. The molecule has 4 fully saturated rings. The van der Waals surface area contributed by atoms with Gasteiger partial charge in [-0.05, 0) is 151 Å². The maximum Gasteiger partial charge on any atom is 0.294 e. The van der Waals surface area contributed by atoms with Crippen LogP contribution in [0.15, 0.2) is 97.3 Å². The zero-order valence-electron chi connectivity index (χ0n) is 46.0. The molecule has 2 saturated carbocycles. The van der Waals surface area contributed by atoms with Crippen molar-refractivity contribution in [3.63, 3.8) is 0 Å². The van der Waals surface area contributed by atoms with Crippen LogP contribution in [0, 0.1) is 31.1 Å². The zero-order chi connectivity index (χ0) is 57.7. The van der Waals surface area contributed by atoms with Gasteiger partial charge in [0.15, 0.2) is 11.6 Å². The number of piperidine rings is 2. The molecule has 25 heteroatoms. The third kappa shape index (κ3) is 14.0. The monoisotopic (exact) mass is 1170 g/mol. The third-order valence-electron chi connectivity index (χ3n) is 15.6. The number of nitrogens with two attached hydrogens (primary N) is 1. The van der Waals surface area contributed by atoms with Crippen LogP contribution in [0.2, 0.25) is 10.0 Å². The van der Waals surface area contributed by atoms with Crippen LogP contribution in [0.25, 0.3) is 0 Å². The first-order valence-corrected chi connectivity index (χ1v) is 32.3. The van der Waals surface area contributed by atoms with Crippen LogP contribution in [-0.4, -0.2) is 126 Å². The van der Waals surface area contributed by atoms with Crippen LogP contribution in [0.4, 0.5) is 69.0 Å². The van der Waals surface area contributed by atoms with Gasteiger partial charge in [0, 0.05) is 79.5 Å². The normalized spacial score (nSPS) is 16.8. The maximum absolute atomic E-state index is 12.8. The molecule has 21 nitrogen and oxygen atoms in total. The predicted molar refractivity (Wildman–Crippen MR) is 324 cm³/mol. The largest absolute Gasteiger partial charge is 0.400 e. The third-order valence-corrected chi connectivity index (χ3v) is 19.3. The second-order valence-electron chi connectivity index (χ2n) is 22.1. The van der Waals surface area contributed by atoms with Crippen molar-refractivity contribution >= 4 is 117 Å². The van der Waals surface area contributed by atoms with Gasteiger partial charge in [0.2, 0.25) is 11.9 Å². The lowest BCUT2D eigenvalue weighted by Gasteiger charge is -2.54. The number of nitro groups is 2. The van der Waals surface area contributed by atoms with Gasteiger partial charge in [0.1, 0.15) is 35.7 Å². The van der Waals surface area contributed by atoms with Crippen molar-refractivity contribution in [2.24, 2.45) is 16.6 Å². The van der Waals surface area contributed by atoms with E-state index in [9.17, 15) is 29.4 Å². The van der Waals surface area contributed by atoms with Gasteiger partial charge in [-0.3, -0.25) is 20.2 Å². The Kier molecular flexibility index (Phi) is 18.5. The van der Waals surface area contributed by atoms with Gasteiger partial charge in [0.25, 0.3) is 11.4 Å². The number of aliphatic hydroxyl groups is 1. The first kappa shape index (κ1) is 59.7. The molecule has 7 N–H and O–H groups in total. The summed E-state index contributed by atoms with van der Waals surface area (Å²) in [6.07, 6.45) is 11.5. The summed E-state index contributed by atoms with van der Waals surface area (Å²) < 4.78 is 25.5. The Bertz CT molecular complexity index is 3310. The molecule has 0 atom stereocenters. The van der Waals surface area contributed by atoms with Gasteiger partial charge in [-0.2, -0.15) is 9.97 Å². The van der Waals surface area contributed by atoms with Crippen LogP contribution < -0.4 is 47.4 Å². The Hall–Kier alpha value is -6.44. The quantitative estimate of drug-likeness (QED) is 0.0317. The lowest BCUT2D eigenvalue weighted by atomic mass is 9.60. The average molecular weight is 1170 g/mol. The van der Waals surface area contributed by atoms with Crippen LogP contribution in [-0.2, 0) is 9.13 Å². The van der Waals surface area contributed by atoms with E-state index in [1.54, 1.807) is 50.9 Å². The second kappa shape index (κ2) is 24.7. The number of nitrogens with zero attached hydrogens (tertiary/aromatic N) is 9. The van der Waals surface area contributed by atoms with Crippen molar-refractivity contribution in [3.05, 3.63) is 128 Å². The number of rotatable bonds is 15. The summed E-state index contributed by atoms with van der Waals surface area (Å²) in [5.41, 5.74) is 10.3. The number of nitrogens with one attached hydrogen (secondary N) is 4. The molecule has 0 radical (unpaired) electrons. The van der Waals surface area contributed by atoms with Gasteiger partial charge < -0.3 is 55.9 Å². The molecule has 80 heavy (non-hydrogen) atoms. The van der Waals surface area contributed by atoms with E-state index in [1.165, 1.54) is 37.4 Å². The molecule has 0 unspecified atom stereocenters. The summed E-state index contributed by atoms with van der Waals surface area (Å²) in [4.78, 5) is 47.3. The summed E-state index contributed by atoms with van der Waals surface area (Å²) in [6, 6.07) is 25.7. The highest BCUT2D eigenvalue weighted by Gasteiger charge is 2.47. The van der Waals surface area contributed by atoms with Crippen molar-refractivity contribution in [3.8, 4) is 0 Å². The van der Waals surface area contributed by atoms with E-state index in [1.807, 2.05) is 48.5 Å². The molecule has 4 heterocycles. The fraction of sp³-hybridized carbons (Fsp3) is 0.418. The van der Waals surface area contributed by atoms with Gasteiger partial charge in [-0.25, -0.2) is 9.97 Å². The molecule has 10 rings (SSSR count). The molecular formula is C55H70Cl2N14O7P2. The lowest BCUT2D eigenvalue weighted by molar-refractivity contribution is -0.384. The highest BCUT2D eigenvalue weighted by atomic mass is 35.5. The van der Waals surface area contributed by atoms with Crippen molar-refractivity contribution in [1.82, 2.24) is 24.8 Å². The molecule has 4 aliphatic rings. The van der Waals surface area contributed by atoms with Crippen LogP contribution in [0.5, 0.6) is 0 Å². The number of anilines is 10. The number of hydrogen-bond donors (Lipinski definition) is 6. The fourth-order valence-electron chi connectivity index (χ4n) is 11.3. The summed E-state index contributed by atoms with van der Waals surface area (Å²) in [6.45, 7) is 9.98. The van der Waals surface area contributed by atoms with Gasteiger partial charge in [-0.15, -0.1) is 0 Å². The lowest BCUT2D eigenvalue weighted by Crippen LogP contribution is -2.53. The predicted octanol–water partition coefficient (Wildman–Crippen LogP) is 11.2. The average Bonchev–Trinajstić information content (AvgIpc) is 3.52. The molecule has 0 amide bonds. The number of para-hydroxylation sites is 2. The van der Waals surface area contributed by atoms with Crippen molar-refractivity contribution < 1.29 is 24.1 Å². The van der Waals surface area contributed by atoms with E-state index < -0.39 is 14.3 Å². The van der Waals surface area contributed by atoms with Crippen molar-refractivity contribution in [2.45, 2.75) is 63.5 Å². The van der Waals surface area contributed by atoms with E-state index >= 15 is 0 Å². The van der Waals surface area contributed by atoms with Crippen LogP contribution in [0.3, 0.4) is 0 Å². The minimum absolute atomic E-state index is 0.0270. The first-order chi connectivity index (χ1) is 38.0. The Labute approximate surface area is 476 Å². The van der Waals surface area contributed by atoms with Crippen LogP contribution in [0.1, 0.15) is 51.4 Å². The molecule has 2 aliphatic carbocycles. The second-order valence-corrected chi connectivity index (χ2v) is 29.3. The van der Waals surface area contributed by atoms with Gasteiger partial charge in [-0.1, -0.05) is 47.5 Å². The number of aromatic nitrogens is 4. The summed E-state index contributed by atoms with van der Waals surface area (Å²) >= 11 is 12.7.